The molecule has 2 aromatic heterocycles. The van der Waals surface area contributed by atoms with E-state index in [0.29, 0.717) is 26.9 Å². The van der Waals surface area contributed by atoms with Gasteiger partial charge in [0.05, 0.1) is 11.3 Å². The molecule has 3 rings (SSSR count). The quantitative estimate of drug-likeness (QED) is 0.449. The van der Waals surface area contributed by atoms with Crippen LogP contribution in [0.15, 0.2) is 34.2 Å². The first kappa shape index (κ1) is 20.5. The molecule has 1 aromatic carbocycles. The lowest BCUT2D eigenvalue weighted by Crippen LogP contribution is -2.26. The van der Waals surface area contributed by atoms with Gasteiger partial charge in [-0.1, -0.05) is 36.4 Å². The van der Waals surface area contributed by atoms with Gasteiger partial charge in [0.2, 0.25) is 5.91 Å². The second kappa shape index (κ2) is 8.41. The molecule has 3 aromatic rings. The average molecular weight is 419 g/mol. The number of hydrogen-bond acceptors (Lipinski definition) is 4. The Balaban J connectivity index is 1.86. The van der Waals surface area contributed by atoms with E-state index < -0.39 is 0 Å². The van der Waals surface area contributed by atoms with E-state index in [0.717, 1.165) is 17.7 Å². The minimum absolute atomic E-state index is 0.0197. The summed E-state index contributed by atoms with van der Waals surface area (Å²) in [5.41, 5.74) is 3.51. The van der Waals surface area contributed by atoms with Crippen LogP contribution >= 0.6 is 23.4 Å². The van der Waals surface area contributed by atoms with Crippen molar-refractivity contribution >= 4 is 46.0 Å². The van der Waals surface area contributed by atoms with Crippen LogP contribution in [0, 0.1) is 13.8 Å². The standard InChI is InChI=1S/C20H23ClN4O2S/c1-5-13(4)25-19(27)18-16(8-12(3)22-18)24-20(25)28-10-17(26)23-15-9-14(21)7-6-11(15)2/h6-9,13,22H,5,10H2,1-4H3,(H,23,26)/t13-/m0/s1. The molecule has 0 unspecified atom stereocenters. The molecular weight excluding hydrogens is 396 g/mol. The van der Waals surface area contributed by atoms with Crippen molar-refractivity contribution in [3.05, 3.63) is 50.9 Å². The summed E-state index contributed by atoms with van der Waals surface area (Å²) in [5, 5.41) is 3.98. The normalized spacial score (nSPS) is 12.3. The van der Waals surface area contributed by atoms with E-state index in [1.54, 1.807) is 16.7 Å². The number of amides is 1. The number of nitrogens with zero attached hydrogens (tertiary/aromatic N) is 2. The minimum Gasteiger partial charge on any atom is -0.353 e. The van der Waals surface area contributed by atoms with Crippen LogP contribution in [0.3, 0.4) is 0 Å². The smallest absolute Gasteiger partial charge is 0.278 e. The number of thioether (sulfide) groups is 1. The number of aryl methyl sites for hydroxylation is 2. The molecule has 0 aliphatic carbocycles. The molecule has 0 spiro atoms. The van der Waals surface area contributed by atoms with Gasteiger partial charge in [-0.15, -0.1) is 0 Å². The summed E-state index contributed by atoms with van der Waals surface area (Å²) in [6, 6.07) is 7.19. The fourth-order valence-electron chi connectivity index (χ4n) is 2.91. The van der Waals surface area contributed by atoms with E-state index in [9.17, 15) is 9.59 Å². The Morgan fingerprint density at radius 3 is 2.82 bits per heavy atom. The maximum atomic E-state index is 12.9. The summed E-state index contributed by atoms with van der Waals surface area (Å²) >= 11 is 7.27. The number of nitrogens with one attached hydrogen (secondary N) is 2. The van der Waals surface area contributed by atoms with Crippen molar-refractivity contribution in [1.29, 1.82) is 0 Å². The van der Waals surface area contributed by atoms with Crippen molar-refractivity contribution in [3.8, 4) is 0 Å². The molecule has 1 amide bonds. The first-order valence-electron chi connectivity index (χ1n) is 9.10. The Hall–Kier alpha value is -2.25. The number of aromatic nitrogens is 3. The maximum absolute atomic E-state index is 12.9. The third-order valence-electron chi connectivity index (χ3n) is 4.62. The zero-order valence-electron chi connectivity index (χ0n) is 16.3. The van der Waals surface area contributed by atoms with Crippen LogP contribution in [0.25, 0.3) is 11.0 Å². The molecule has 28 heavy (non-hydrogen) atoms. The lowest BCUT2D eigenvalue weighted by Gasteiger charge is -2.17. The molecule has 8 heteroatoms. The Labute approximate surface area is 172 Å². The number of carbonyl (C=O) groups excluding carboxylic acids is 1. The summed E-state index contributed by atoms with van der Waals surface area (Å²) in [6.07, 6.45) is 0.786. The first-order chi connectivity index (χ1) is 13.3. The van der Waals surface area contributed by atoms with E-state index in [4.69, 9.17) is 11.6 Å². The molecule has 2 heterocycles. The van der Waals surface area contributed by atoms with E-state index in [2.05, 4.69) is 15.3 Å². The highest BCUT2D eigenvalue weighted by Gasteiger charge is 2.18. The second-order valence-electron chi connectivity index (χ2n) is 6.84. The molecule has 2 N–H and O–H groups in total. The van der Waals surface area contributed by atoms with Gasteiger partial charge in [-0.25, -0.2) is 4.98 Å². The van der Waals surface area contributed by atoms with Crippen LogP contribution in [-0.2, 0) is 4.79 Å². The van der Waals surface area contributed by atoms with Crippen molar-refractivity contribution in [3.63, 3.8) is 0 Å². The molecule has 0 saturated carbocycles. The highest BCUT2D eigenvalue weighted by Crippen LogP contribution is 2.24. The lowest BCUT2D eigenvalue weighted by atomic mass is 10.2. The number of benzene rings is 1. The molecule has 0 aliphatic heterocycles. The highest BCUT2D eigenvalue weighted by atomic mass is 35.5. The van der Waals surface area contributed by atoms with Crippen molar-refractivity contribution in [2.24, 2.45) is 0 Å². The second-order valence-corrected chi connectivity index (χ2v) is 8.21. The molecule has 1 atom stereocenters. The van der Waals surface area contributed by atoms with Crippen LogP contribution in [0.4, 0.5) is 5.69 Å². The van der Waals surface area contributed by atoms with Gasteiger partial charge in [-0.05, 0) is 51.0 Å². The summed E-state index contributed by atoms with van der Waals surface area (Å²) in [4.78, 5) is 33.1. The number of carbonyl (C=O) groups is 1. The first-order valence-corrected chi connectivity index (χ1v) is 10.5. The number of rotatable bonds is 6. The van der Waals surface area contributed by atoms with Gasteiger partial charge >= 0.3 is 0 Å². The van der Waals surface area contributed by atoms with Crippen molar-refractivity contribution in [2.75, 3.05) is 11.1 Å². The summed E-state index contributed by atoms with van der Waals surface area (Å²) in [7, 11) is 0. The van der Waals surface area contributed by atoms with Crippen LogP contribution in [0.5, 0.6) is 0 Å². The monoisotopic (exact) mass is 418 g/mol. The topological polar surface area (TPSA) is 79.8 Å². The number of fused-ring (bicyclic) bond motifs is 1. The number of H-pyrrole nitrogens is 1. The molecule has 6 nitrogen and oxygen atoms in total. The maximum Gasteiger partial charge on any atom is 0.278 e. The average Bonchev–Trinajstić information content (AvgIpc) is 3.03. The molecule has 0 aliphatic rings. The number of halogens is 1. The Morgan fingerprint density at radius 2 is 2.11 bits per heavy atom. The van der Waals surface area contributed by atoms with E-state index in [1.807, 2.05) is 39.8 Å². The van der Waals surface area contributed by atoms with Crippen LogP contribution in [-0.4, -0.2) is 26.2 Å². The fraction of sp³-hybridized carbons (Fsp3) is 0.350. The Bertz CT molecular complexity index is 1090. The van der Waals surface area contributed by atoms with Crippen molar-refractivity contribution < 1.29 is 4.79 Å². The van der Waals surface area contributed by atoms with Gasteiger partial charge in [0.1, 0.15) is 5.52 Å². The van der Waals surface area contributed by atoms with Crippen LogP contribution in [0.2, 0.25) is 5.02 Å². The number of hydrogen-bond donors (Lipinski definition) is 2. The molecular formula is C20H23ClN4O2S. The zero-order valence-corrected chi connectivity index (χ0v) is 17.9. The SMILES string of the molecule is CC[C@H](C)n1c(SCC(=O)Nc2cc(Cl)ccc2C)nc2cc(C)[nH]c2c1=O. The van der Waals surface area contributed by atoms with E-state index in [1.165, 1.54) is 11.8 Å². The third kappa shape index (κ3) is 4.25. The molecule has 0 fully saturated rings. The lowest BCUT2D eigenvalue weighted by molar-refractivity contribution is -0.113. The Kier molecular flexibility index (Phi) is 6.15. The van der Waals surface area contributed by atoms with Crippen LogP contribution < -0.4 is 10.9 Å². The predicted molar refractivity (Wildman–Crippen MR) is 116 cm³/mol. The van der Waals surface area contributed by atoms with E-state index >= 15 is 0 Å². The largest absolute Gasteiger partial charge is 0.353 e. The molecule has 0 radical (unpaired) electrons. The minimum atomic E-state index is -0.175. The van der Waals surface area contributed by atoms with Gasteiger partial charge in [0.15, 0.2) is 5.16 Å². The predicted octanol–water partition coefficient (Wildman–Crippen LogP) is 4.70. The highest BCUT2D eigenvalue weighted by molar-refractivity contribution is 7.99. The third-order valence-corrected chi connectivity index (χ3v) is 5.81. The van der Waals surface area contributed by atoms with Crippen molar-refractivity contribution in [1.82, 2.24) is 14.5 Å². The van der Waals surface area contributed by atoms with Gasteiger partial charge < -0.3 is 10.3 Å². The van der Waals surface area contributed by atoms with Gasteiger partial charge in [0, 0.05) is 22.4 Å². The van der Waals surface area contributed by atoms with Crippen LogP contribution in [0.1, 0.15) is 37.6 Å². The van der Waals surface area contributed by atoms with Gasteiger partial charge in [0.25, 0.3) is 5.56 Å². The Morgan fingerprint density at radius 1 is 1.36 bits per heavy atom. The number of anilines is 1. The molecule has 148 valence electrons. The summed E-state index contributed by atoms with van der Waals surface area (Å²) in [6.45, 7) is 7.79. The fourth-order valence-corrected chi connectivity index (χ4v) is 3.98. The van der Waals surface area contributed by atoms with Gasteiger partial charge in [-0.3, -0.25) is 14.2 Å². The zero-order chi connectivity index (χ0) is 20.4. The summed E-state index contributed by atoms with van der Waals surface area (Å²) < 4.78 is 1.67. The molecule has 0 bridgehead atoms. The molecule has 0 saturated heterocycles. The van der Waals surface area contributed by atoms with E-state index in [-0.39, 0.29) is 23.3 Å². The van der Waals surface area contributed by atoms with Gasteiger partial charge in [-0.2, -0.15) is 0 Å². The summed E-state index contributed by atoms with van der Waals surface area (Å²) in [5.74, 6) is -0.0327. The van der Waals surface area contributed by atoms with Crippen molar-refractivity contribution in [2.45, 2.75) is 45.3 Å². The number of aromatic amines is 1.